The Kier molecular flexibility index (Phi) is 3.13. The fraction of sp³-hybridized carbons (Fsp3) is 0.0667. The van der Waals surface area contributed by atoms with Crippen molar-refractivity contribution in [2.24, 2.45) is 0 Å². The molecule has 2 aromatic carbocycles. The van der Waals surface area contributed by atoms with Crippen molar-refractivity contribution in [3.63, 3.8) is 0 Å². The largest absolute Gasteiger partial charge is 0.397 e. The van der Waals surface area contributed by atoms with E-state index < -0.39 is 0 Å². The van der Waals surface area contributed by atoms with Crippen LogP contribution in [0.2, 0.25) is 10.0 Å². The van der Waals surface area contributed by atoms with E-state index in [1.807, 2.05) is 42.6 Å². The standard InChI is InChI=1S/C15H12Cl2N2/c16-12-4-5-13(17)11(8-12)9-19-7-6-10-2-1-3-14(18)15(10)19/h1-8H,9,18H2. The number of para-hydroxylation sites is 1. The van der Waals surface area contributed by atoms with E-state index in [-0.39, 0.29) is 0 Å². The summed E-state index contributed by atoms with van der Waals surface area (Å²) >= 11 is 12.2. The van der Waals surface area contributed by atoms with Gasteiger partial charge >= 0.3 is 0 Å². The number of hydrogen-bond acceptors (Lipinski definition) is 1. The lowest BCUT2D eigenvalue weighted by Crippen LogP contribution is -2.00. The summed E-state index contributed by atoms with van der Waals surface area (Å²) < 4.78 is 2.09. The molecule has 4 heteroatoms. The molecular weight excluding hydrogens is 279 g/mol. The number of fused-ring (bicyclic) bond motifs is 1. The van der Waals surface area contributed by atoms with Crippen molar-refractivity contribution in [1.82, 2.24) is 4.57 Å². The molecule has 19 heavy (non-hydrogen) atoms. The molecule has 0 saturated carbocycles. The van der Waals surface area contributed by atoms with Crippen molar-refractivity contribution in [1.29, 1.82) is 0 Å². The van der Waals surface area contributed by atoms with E-state index >= 15 is 0 Å². The second-order valence-electron chi connectivity index (χ2n) is 4.46. The molecule has 0 spiro atoms. The Hall–Kier alpha value is -1.64. The molecule has 0 aliphatic heterocycles. The predicted molar refractivity (Wildman–Crippen MR) is 81.9 cm³/mol. The first-order valence-electron chi connectivity index (χ1n) is 5.92. The lowest BCUT2D eigenvalue weighted by atomic mass is 10.2. The smallest absolute Gasteiger partial charge is 0.0716 e. The zero-order valence-corrected chi connectivity index (χ0v) is 11.6. The van der Waals surface area contributed by atoms with Gasteiger partial charge in [0.1, 0.15) is 0 Å². The number of nitrogens with zero attached hydrogens (tertiary/aromatic N) is 1. The van der Waals surface area contributed by atoms with Gasteiger partial charge in [-0.15, -0.1) is 0 Å². The normalized spacial score (nSPS) is 11.1. The average Bonchev–Trinajstić information content (AvgIpc) is 2.79. The third kappa shape index (κ3) is 2.29. The summed E-state index contributed by atoms with van der Waals surface area (Å²) in [7, 11) is 0. The highest BCUT2D eigenvalue weighted by atomic mass is 35.5. The van der Waals surface area contributed by atoms with Gasteiger partial charge in [-0.05, 0) is 35.9 Å². The highest BCUT2D eigenvalue weighted by Gasteiger charge is 2.07. The van der Waals surface area contributed by atoms with Crippen LogP contribution >= 0.6 is 23.2 Å². The van der Waals surface area contributed by atoms with Gasteiger partial charge in [-0.3, -0.25) is 0 Å². The van der Waals surface area contributed by atoms with Crippen molar-refractivity contribution >= 4 is 39.8 Å². The van der Waals surface area contributed by atoms with Crippen LogP contribution in [0.4, 0.5) is 5.69 Å². The molecule has 96 valence electrons. The zero-order chi connectivity index (χ0) is 13.4. The highest BCUT2D eigenvalue weighted by Crippen LogP contribution is 2.26. The molecule has 0 unspecified atom stereocenters. The van der Waals surface area contributed by atoms with Crippen molar-refractivity contribution in [2.45, 2.75) is 6.54 Å². The van der Waals surface area contributed by atoms with Crippen molar-refractivity contribution in [3.05, 3.63) is 64.3 Å². The van der Waals surface area contributed by atoms with Crippen molar-refractivity contribution in [3.8, 4) is 0 Å². The molecule has 0 atom stereocenters. The molecule has 2 N–H and O–H groups in total. The van der Waals surface area contributed by atoms with Gasteiger partial charge < -0.3 is 10.3 Å². The van der Waals surface area contributed by atoms with E-state index in [2.05, 4.69) is 4.57 Å². The third-order valence-electron chi connectivity index (χ3n) is 3.17. The van der Waals surface area contributed by atoms with Crippen LogP contribution in [-0.2, 0) is 6.54 Å². The first-order valence-corrected chi connectivity index (χ1v) is 6.68. The maximum absolute atomic E-state index is 6.20. The molecule has 1 aromatic heterocycles. The Bertz CT molecular complexity index is 747. The Balaban J connectivity index is 2.08. The topological polar surface area (TPSA) is 30.9 Å². The minimum Gasteiger partial charge on any atom is -0.397 e. The molecule has 0 radical (unpaired) electrons. The number of anilines is 1. The van der Waals surface area contributed by atoms with E-state index in [1.165, 1.54) is 0 Å². The van der Waals surface area contributed by atoms with Gasteiger partial charge in [0.15, 0.2) is 0 Å². The van der Waals surface area contributed by atoms with Gasteiger partial charge in [-0.25, -0.2) is 0 Å². The lowest BCUT2D eigenvalue weighted by Gasteiger charge is -2.09. The maximum atomic E-state index is 6.20. The Morgan fingerprint density at radius 3 is 2.74 bits per heavy atom. The van der Waals surface area contributed by atoms with Crippen molar-refractivity contribution < 1.29 is 0 Å². The molecule has 0 saturated heterocycles. The van der Waals surface area contributed by atoms with Crippen LogP contribution in [0.25, 0.3) is 10.9 Å². The minimum absolute atomic E-state index is 0.650. The van der Waals surface area contributed by atoms with Crippen molar-refractivity contribution in [2.75, 3.05) is 5.73 Å². The molecule has 0 aliphatic rings. The molecule has 2 nitrogen and oxygen atoms in total. The summed E-state index contributed by atoms with van der Waals surface area (Å²) in [4.78, 5) is 0. The molecule has 0 fully saturated rings. The zero-order valence-electron chi connectivity index (χ0n) is 10.1. The summed E-state index contributed by atoms with van der Waals surface area (Å²) in [5.74, 6) is 0. The summed E-state index contributed by atoms with van der Waals surface area (Å²) in [6.07, 6.45) is 2.01. The van der Waals surface area contributed by atoms with Gasteiger partial charge in [0.05, 0.1) is 11.2 Å². The fourth-order valence-corrected chi connectivity index (χ4v) is 2.64. The molecule has 3 rings (SSSR count). The first-order chi connectivity index (χ1) is 9.15. The third-order valence-corrected chi connectivity index (χ3v) is 3.77. The average molecular weight is 291 g/mol. The van der Waals surface area contributed by atoms with Gasteiger partial charge in [0.25, 0.3) is 0 Å². The van der Waals surface area contributed by atoms with Gasteiger partial charge in [0.2, 0.25) is 0 Å². The minimum atomic E-state index is 0.650. The van der Waals surface area contributed by atoms with E-state index in [1.54, 1.807) is 6.07 Å². The van der Waals surface area contributed by atoms with Crippen LogP contribution in [0.3, 0.4) is 0 Å². The number of benzene rings is 2. The van der Waals surface area contributed by atoms with Crippen LogP contribution in [0.15, 0.2) is 48.7 Å². The molecular formula is C15H12Cl2N2. The maximum Gasteiger partial charge on any atom is 0.0716 e. The predicted octanol–water partition coefficient (Wildman–Crippen LogP) is 4.58. The van der Waals surface area contributed by atoms with Crippen LogP contribution in [0, 0.1) is 0 Å². The number of halogens is 2. The monoisotopic (exact) mass is 290 g/mol. The number of nitrogens with two attached hydrogens (primary N) is 1. The summed E-state index contributed by atoms with van der Waals surface area (Å²) in [6.45, 7) is 0.650. The number of hydrogen-bond donors (Lipinski definition) is 1. The first kappa shape index (κ1) is 12.4. The second-order valence-corrected chi connectivity index (χ2v) is 5.31. The Morgan fingerprint density at radius 2 is 1.89 bits per heavy atom. The number of rotatable bonds is 2. The van der Waals surface area contributed by atoms with Gasteiger partial charge in [-0.2, -0.15) is 0 Å². The van der Waals surface area contributed by atoms with E-state index in [9.17, 15) is 0 Å². The van der Waals surface area contributed by atoms with E-state index in [0.717, 1.165) is 22.2 Å². The van der Waals surface area contributed by atoms with Gasteiger partial charge in [0, 0.05) is 28.2 Å². The summed E-state index contributed by atoms with van der Waals surface area (Å²) in [5, 5.41) is 2.52. The Morgan fingerprint density at radius 1 is 1.05 bits per heavy atom. The van der Waals surface area contributed by atoms with Crippen LogP contribution in [0.5, 0.6) is 0 Å². The summed E-state index contributed by atoms with van der Waals surface area (Å²) in [5.41, 5.74) is 8.82. The summed E-state index contributed by atoms with van der Waals surface area (Å²) in [6, 6.07) is 13.4. The van der Waals surface area contributed by atoms with E-state index in [0.29, 0.717) is 16.6 Å². The molecule has 0 amide bonds. The number of aromatic nitrogens is 1. The Labute approximate surface area is 121 Å². The second kappa shape index (κ2) is 4.80. The quantitative estimate of drug-likeness (QED) is 0.688. The SMILES string of the molecule is Nc1cccc2ccn(Cc3cc(Cl)ccc3Cl)c12. The molecule has 0 bridgehead atoms. The fourth-order valence-electron chi connectivity index (χ4n) is 2.27. The van der Waals surface area contributed by atoms with Crippen LogP contribution in [0.1, 0.15) is 5.56 Å². The van der Waals surface area contributed by atoms with Crippen LogP contribution < -0.4 is 5.73 Å². The van der Waals surface area contributed by atoms with Gasteiger partial charge in [-0.1, -0.05) is 35.3 Å². The molecule has 3 aromatic rings. The molecule has 0 aliphatic carbocycles. The highest BCUT2D eigenvalue weighted by molar-refractivity contribution is 6.33. The number of nitrogen functional groups attached to an aromatic ring is 1. The molecule has 1 heterocycles. The lowest BCUT2D eigenvalue weighted by molar-refractivity contribution is 0.838. The van der Waals surface area contributed by atoms with Crippen LogP contribution in [-0.4, -0.2) is 4.57 Å². The van der Waals surface area contributed by atoms with E-state index in [4.69, 9.17) is 28.9 Å².